The minimum atomic E-state index is -4.06. The van der Waals surface area contributed by atoms with Gasteiger partial charge in [0.25, 0.3) is 0 Å². The van der Waals surface area contributed by atoms with Crippen LogP contribution in [0.4, 0.5) is 10.1 Å². The fourth-order valence-electron chi connectivity index (χ4n) is 1.45. The first-order valence-electron chi connectivity index (χ1n) is 5.74. The average Bonchev–Trinajstić information content (AvgIpc) is 2.38. The van der Waals surface area contributed by atoms with Crippen molar-refractivity contribution in [2.45, 2.75) is 18.2 Å². The normalized spacial score (nSPS) is 13.4. The van der Waals surface area contributed by atoms with Crippen LogP contribution < -0.4 is 10.5 Å². The van der Waals surface area contributed by atoms with Crippen molar-refractivity contribution in [1.29, 1.82) is 0 Å². The van der Waals surface area contributed by atoms with Crippen LogP contribution in [0.3, 0.4) is 0 Å². The van der Waals surface area contributed by atoms with E-state index in [1.165, 1.54) is 0 Å². The molecule has 0 saturated carbocycles. The lowest BCUT2D eigenvalue weighted by Crippen LogP contribution is -2.29. The van der Waals surface area contributed by atoms with Gasteiger partial charge in [-0.1, -0.05) is 18.5 Å². The zero-order chi connectivity index (χ0) is 15.5. The van der Waals surface area contributed by atoms with Gasteiger partial charge < -0.3 is 10.8 Å². The first-order chi connectivity index (χ1) is 9.20. The van der Waals surface area contributed by atoms with Crippen molar-refractivity contribution in [2.24, 2.45) is 5.92 Å². The van der Waals surface area contributed by atoms with E-state index in [4.69, 9.17) is 22.4 Å². The summed E-state index contributed by atoms with van der Waals surface area (Å²) in [5, 5.41) is 8.76. The third-order valence-corrected chi connectivity index (χ3v) is 5.49. The van der Waals surface area contributed by atoms with Gasteiger partial charge in [0, 0.05) is 13.2 Å². The van der Waals surface area contributed by atoms with Crippen molar-refractivity contribution in [1.82, 2.24) is 4.72 Å². The number of nitrogens with one attached hydrogen (secondary N) is 1. The monoisotopic (exact) mass is 388 g/mol. The van der Waals surface area contributed by atoms with Gasteiger partial charge in [0.15, 0.2) is 5.82 Å². The molecule has 0 amide bonds. The number of aliphatic hydroxyl groups is 1. The molecule has 4 N–H and O–H groups in total. The summed E-state index contributed by atoms with van der Waals surface area (Å²) >= 11 is 8.76. The van der Waals surface area contributed by atoms with Crippen LogP contribution in [-0.4, -0.2) is 26.7 Å². The highest BCUT2D eigenvalue weighted by atomic mass is 79.9. The number of nitrogen functional groups attached to an aromatic ring is 1. The van der Waals surface area contributed by atoms with E-state index < -0.39 is 20.7 Å². The largest absolute Gasteiger partial charge is 0.396 e. The molecule has 0 spiro atoms. The highest BCUT2D eigenvalue weighted by Crippen LogP contribution is 2.34. The zero-order valence-corrected chi connectivity index (χ0v) is 13.8. The molecule has 1 aromatic rings. The minimum absolute atomic E-state index is 0.00711. The maximum absolute atomic E-state index is 13.9. The smallest absolute Gasteiger partial charge is 0.243 e. The van der Waals surface area contributed by atoms with Gasteiger partial charge in [-0.15, -0.1) is 0 Å². The summed E-state index contributed by atoms with van der Waals surface area (Å²) in [5.74, 6) is -1.13. The maximum Gasteiger partial charge on any atom is 0.243 e. The Morgan fingerprint density at radius 3 is 2.75 bits per heavy atom. The molecule has 0 bridgehead atoms. The minimum Gasteiger partial charge on any atom is -0.396 e. The quantitative estimate of drug-likeness (QED) is 0.513. The van der Waals surface area contributed by atoms with Gasteiger partial charge in [-0.05, 0) is 34.3 Å². The Bertz CT molecular complexity index is 598. The van der Waals surface area contributed by atoms with Crippen molar-refractivity contribution in [2.75, 3.05) is 18.9 Å². The number of anilines is 1. The molecule has 0 heterocycles. The van der Waals surface area contributed by atoms with E-state index in [0.29, 0.717) is 6.42 Å². The zero-order valence-electron chi connectivity index (χ0n) is 10.7. The molecule has 0 saturated heterocycles. The lowest BCUT2D eigenvalue weighted by molar-refractivity contribution is 0.263. The Morgan fingerprint density at radius 1 is 1.60 bits per heavy atom. The third-order valence-electron chi connectivity index (χ3n) is 2.69. The number of aliphatic hydroxyl groups excluding tert-OH is 1. The molecular weight excluding hydrogens is 375 g/mol. The van der Waals surface area contributed by atoms with E-state index in [1.54, 1.807) is 6.92 Å². The van der Waals surface area contributed by atoms with Crippen molar-refractivity contribution < 1.29 is 17.9 Å². The number of hydrogen-bond donors (Lipinski definition) is 3. The van der Waals surface area contributed by atoms with Crippen LogP contribution in [-0.2, 0) is 10.0 Å². The van der Waals surface area contributed by atoms with E-state index in [2.05, 4.69) is 20.7 Å². The van der Waals surface area contributed by atoms with E-state index in [1.807, 2.05) is 0 Å². The van der Waals surface area contributed by atoms with Crippen LogP contribution in [0.5, 0.6) is 0 Å². The molecule has 1 unspecified atom stereocenters. The van der Waals surface area contributed by atoms with E-state index >= 15 is 0 Å². The summed E-state index contributed by atoms with van der Waals surface area (Å²) in [7, 11) is -4.06. The Labute approximate surface area is 130 Å². The summed E-state index contributed by atoms with van der Waals surface area (Å²) in [4.78, 5) is -0.598. The molecule has 0 aliphatic rings. The summed E-state index contributed by atoms with van der Waals surface area (Å²) in [6.07, 6.45) is 0.439. The second kappa shape index (κ2) is 7.04. The van der Waals surface area contributed by atoms with Crippen molar-refractivity contribution in [3.63, 3.8) is 0 Å². The van der Waals surface area contributed by atoms with Gasteiger partial charge in [-0.2, -0.15) is 0 Å². The van der Waals surface area contributed by atoms with Crippen LogP contribution in [0.1, 0.15) is 13.3 Å². The number of benzene rings is 1. The van der Waals surface area contributed by atoms with E-state index in [-0.39, 0.29) is 34.3 Å². The van der Waals surface area contributed by atoms with Gasteiger partial charge >= 0.3 is 0 Å². The van der Waals surface area contributed by atoms with Crippen LogP contribution in [0.2, 0.25) is 5.02 Å². The fourth-order valence-corrected chi connectivity index (χ4v) is 3.29. The van der Waals surface area contributed by atoms with E-state index in [0.717, 1.165) is 6.07 Å². The second-order valence-corrected chi connectivity index (χ2v) is 7.30. The Kier molecular flexibility index (Phi) is 6.21. The molecule has 1 atom stereocenters. The number of rotatable bonds is 6. The lowest BCUT2D eigenvalue weighted by Gasteiger charge is -2.14. The number of nitrogens with two attached hydrogens (primary N) is 1. The van der Waals surface area contributed by atoms with Crippen LogP contribution in [0.25, 0.3) is 0 Å². The lowest BCUT2D eigenvalue weighted by atomic mass is 10.1. The third kappa shape index (κ3) is 4.05. The number of halogens is 3. The topological polar surface area (TPSA) is 92.4 Å². The summed E-state index contributed by atoms with van der Waals surface area (Å²) in [6, 6.07) is 0.996. The van der Waals surface area contributed by atoms with E-state index in [9.17, 15) is 12.8 Å². The molecule has 0 aliphatic carbocycles. The summed E-state index contributed by atoms with van der Waals surface area (Å²) in [6.45, 7) is 1.79. The van der Waals surface area contributed by atoms with Gasteiger partial charge in [0.05, 0.1) is 15.2 Å². The molecule has 5 nitrogen and oxygen atoms in total. The molecule has 1 aromatic carbocycles. The van der Waals surface area contributed by atoms with Crippen LogP contribution >= 0.6 is 27.5 Å². The van der Waals surface area contributed by atoms with Gasteiger partial charge in [-0.3, -0.25) is 0 Å². The molecule has 1 rings (SSSR count). The summed E-state index contributed by atoms with van der Waals surface area (Å²) < 4.78 is 40.4. The average molecular weight is 390 g/mol. The highest BCUT2D eigenvalue weighted by molar-refractivity contribution is 9.10. The van der Waals surface area contributed by atoms with Gasteiger partial charge in [0.1, 0.15) is 4.90 Å². The maximum atomic E-state index is 13.9. The molecule has 20 heavy (non-hydrogen) atoms. The van der Waals surface area contributed by atoms with Crippen molar-refractivity contribution >= 4 is 43.2 Å². The van der Waals surface area contributed by atoms with Crippen molar-refractivity contribution in [3.8, 4) is 0 Å². The number of sulfonamides is 1. The predicted octanol–water partition coefficient (Wildman–Crippen LogP) is 2.12. The summed E-state index contributed by atoms with van der Waals surface area (Å²) in [5.41, 5.74) is 5.09. The SMILES string of the molecule is CC(CCO)CNS(=O)(=O)c1cc(Cl)c(Br)c(N)c1F. The first kappa shape index (κ1) is 17.6. The molecule has 0 radical (unpaired) electrons. The Morgan fingerprint density at radius 2 is 2.20 bits per heavy atom. The molecule has 9 heteroatoms. The Hall–Kier alpha value is -0.410. The van der Waals surface area contributed by atoms with Crippen LogP contribution in [0.15, 0.2) is 15.4 Å². The second-order valence-electron chi connectivity index (χ2n) is 4.37. The van der Waals surface area contributed by atoms with Gasteiger partial charge in [0.2, 0.25) is 10.0 Å². The van der Waals surface area contributed by atoms with Gasteiger partial charge in [-0.25, -0.2) is 17.5 Å². The van der Waals surface area contributed by atoms with Crippen LogP contribution in [0, 0.1) is 11.7 Å². The first-order valence-corrected chi connectivity index (χ1v) is 8.39. The molecule has 0 aliphatic heterocycles. The standard InChI is InChI=1S/C11H15BrClFN2O3S/c1-6(2-3-17)5-16-20(18,19)8-4-7(13)9(12)11(15)10(8)14/h4,6,16-17H,2-3,5,15H2,1H3. The van der Waals surface area contributed by atoms with Crippen molar-refractivity contribution in [3.05, 3.63) is 21.4 Å². The number of hydrogen-bond acceptors (Lipinski definition) is 4. The Balaban J connectivity index is 3.05. The molecule has 0 fully saturated rings. The predicted molar refractivity (Wildman–Crippen MR) is 79.6 cm³/mol. The fraction of sp³-hybridized carbons (Fsp3) is 0.455. The molecular formula is C11H15BrClFN2O3S. The highest BCUT2D eigenvalue weighted by Gasteiger charge is 2.24. The molecule has 114 valence electrons. The molecule has 0 aromatic heterocycles.